The van der Waals surface area contributed by atoms with E-state index in [2.05, 4.69) is 28.2 Å². The van der Waals surface area contributed by atoms with Crippen LogP contribution in [0.3, 0.4) is 0 Å². The van der Waals surface area contributed by atoms with E-state index in [0.717, 1.165) is 5.82 Å². The normalized spacial score (nSPS) is 17.1. The molecule has 1 N–H and O–H groups in total. The van der Waals surface area contributed by atoms with Crippen LogP contribution in [0.25, 0.3) is 0 Å². The minimum absolute atomic E-state index is 0.512. The summed E-state index contributed by atoms with van der Waals surface area (Å²) in [5.41, 5.74) is 0.611. The third-order valence-corrected chi connectivity index (χ3v) is 3.66. The Morgan fingerprint density at radius 1 is 1.42 bits per heavy atom. The van der Waals surface area contributed by atoms with Gasteiger partial charge in [0.1, 0.15) is 11.9 Å². The van der Waals surface area contributed by atoms with Gasteiger partial charge in [0.05, 0.1) is 5.56 Å². The first-order valence-electron chi connectivity index (χ1n) is 7.17. The lowest BCUT2D eigenvalue weighted by molar-refractivity contribution is 0.216. The van der Waals surface area contributed by atoms with E-state index < -0.39 is 0 Å². The number of pyridine rings is 1. The van der Waals surface area contributed by atoms with Crippen molar-refractivity contribution >= 4 is 5.82 Å². The van der Waals surface area contributed by atoms with Gasteiger partial charge < -0.3 is 10.2 Å². The molecule has 102 valence electrons. The van der Waals surface area contributed by atoms with Crippen molar-refractivity contribution in [2.45, 2.75) is 38.6 Å². The summed E-state index contributed by atoms with van der Waals surface area (Å²) in [6.45, 7) is 5.82. The highest BCUT2D eigenvalue weighted by Gasteiger charge is 2.18. The van der Waals surface area contributed by atoms with Gasteiger partial charge in [0.25, 0.3) is 0 Å². The van der Waals surface area contributed by atoms with E-state index in [-0.39, 0.29) is 0 Å². The van der Waals surface area contributed by atoms with Crippen LogP contribution in [0.2, 0.25) is 0 Å². The van der Waals surface area contributed by atoms with Gasteiger partial charge in [0, 0.05) is 25.3 Å². The summed E-state index contributed by atoms with van der Waals surface area (Å²) in [5.74, 6) is 0.881. The third kappa shape index (κ3) is 4.22. The first-order valence-corrected chi connectivity index (χ1v) is 7.17. The number of rotatable bonds is 5. The topological polar surface area (TPSA) is 52.0 Å². The second-order valence-corrected chi connectivity index (χ2v) is 5.16. The quantitative estimate of drug-likeness (QED) is 0.882. The molecule has 0 bridgehead atoms. The molecule has 1 saturated heterocycles. The number of anilines is 1. The molecule has 1 aromatic rings. The molecule has 0 atom stereocenters. The average molecular weight is 258 g/mol. The van der Waals surface area contributed by atoms with Gasteiger partial charge in [-0.3, -0.25) is 0 Å². The molecule has 1 aromatic heterocycles. The molecule has 1 fully saturated rings. The standard InChI is InChI=1S/C15H22N4/c1-2-3-8-19-9-6-14(7-10-19)18-15-5-4-13(11-16)12-17-15/h4-5,12,14H,2-3,6-10H2,1H3,(H,17,18). The van der Waals surface area contributed by atoms with Crippen LogP contribution in [-0.2, 0) is 0 Å². The zero-order valence-electron chi connectivity index (χ0n) is 11.6. The van der Waals surface area contributed by atoms with Crippen molar-refractivity contribution in [1.82, 2.24) is 9.88 Å². The molecule has 0 aromatic carbocycles. The molecular weight excluding hydrogens is 236 g/mol. The molecule has 19 heavy (non-hydrogen) atoms. The smallest absolute Gasteiger partial charge is 0.126 e. The molecule has 0 aliphatic carbocycles. The number of aromatic nitrogens is 1. The summed E-state index contributed by atoms with van der Waals surface area (Å²) in [6.07, 6.45) is 6.54. The number of hydrogen-bond donors (Lipinski definition) is 1. The summed E-state index contributed by atoms with van der Waals surface area (Å²) < 4.78 is 0. The van der Waals surface area contributed by atoms with Crippen LogP contribution in [0.15, 0.2) is 18.3 Å². The molecule has 2 heterocycles. The number of unbranched alkanes of at least 4 members (excludes halogenated alkanes) is 1. The van der Waals surface area contributed by atoms with Gasteiger partial charge in [-0.05, 0) is 37.9 Å². The van der Waals surface area contributed by atoms with Crippen molar-refractivity contribution in [1.29, 1.82) is 5.26 Å². The Balaban J connectivity index is 1.77. The van der Waals surface area contributed by atoms with Gasteiger partial charge in [-0.1, -0.05) is 13.3 Å². The fraction of sp³-hybridized carbons (Fsp3) is 0.600. The third-order valence-electron chi connectivity index (χ3n) is 3.66. The highest BCUT2D eigenvalue weighted by molar-refractivity contribution is 5.39. The Bertz CT molecular complexity index is 413. The van der Waals surface area contributed by atoms with Crippen LogP contribution in [-0.4, -0.2) is 35.6 Å². The van der Waals surface area contributed by atoms with Crippen LogP contribution in [0.4, 0.5) is 5.82 Å². The Morgan fingerprint density at radius 2 is 2.21 bits per heavy atom. The minimum Gasteiger partial charge on any atom is -0.367 e. The minimum atomic E-state index is 0.512. The van der Waals surface area contributed by atoms with E-state index in [4.69, 9.17) is 5.26 Å². The molecule has 0 saturated carbocycles. The van der Waals surface area contributed by atoms with Crippen LogP contribution in [0.5, 0.6) is 0 Å². The van der Waals surface area contributed by atoms with Crippen molar-refractivity contribution in [2.75, 3.05) is 25.0 Å². The zero-order valence-corrected chi connectivity index (χ0v) is 11.6. The zero-order chi connectivity index (χ0) is 13.5. The second kappa shape index (κ2) is 7.10. The van der Waals surface area contributed by atoms with E-state index >= 15 is 0 Å². The fourth-order valence-corrected chi connectivity index (χ4v) is 2.44. The maximum atomic E-state index is 8.73. The summed E-state index contributed by atoms with van der Waals surface area (Å²) in [7, 11) is 0. The number of hydrogen-bond acceptors (Lipinski definition) is 4. The van der Waals surface area contributed by atoms with Crippen molar-refractivity contribution in [3.63, 3.8) is 0 Å². The van der Waals surface area contributed by atoms with Crippen molar-refractivity contribution < 1.29 is 0 Å². The molecule has 0 unspecified atom stereocenters. The van der Waals surface area contributed by atoms with E-state index in [0.29, 0.717) is 11.6 Å². The number of nitrogens with zero attached hydrogens (tertiary/aromatic N) is 3. The average Bonchev–Trinajstić information content (AvgIpc) is 2.47. The first kappa shape index (κ1) is 13.8. The molecule has 4 nitrogen and oxygen atoms in total. The molecule has 1 aliphatic heterocycles. The molecule has 1 aliphatic rings. The molecule has 0 spiro atoms. The number of likely N-dealkylation sites (tertiary alicyclic amines) is 1. The van der Waals surface area contributed by atoms with Crippen molar-refractivity contribution in [3.8, 4) is 6.07 Å². The summed E-state index contributed by atoms with van der Waals surface area (Å²) >= 11 is 0. The van der Waals surface area contributed by atoms with Crippen molar-refractivity contribution in [3.05, 3.63) is 23.9 Å². The van der Waals surface area contributed by atoms with Gasteiger partial charge in [-0.25, -0.2) is 4.98 Å². The largest absolute Gasteiger partial charge is 0.367 e. The molecule has 0 radical (unpaired) electrons. The van der Waals surface area contributed by atoms with E-state index in [1.54, 1.807) is 6.20 Å². The van der Waals surface area contributed by atoms with Gasteiger partial charge in [-0.15, -0.1) is 0 Å². The predicted molar refractivity (Wildman–Crippen MR) is 76.9 cm³/mol. The summed E-state index contributed by atoms with van der Waals surface area (Å²) in [5, 5.41) is 12.2. The summed E-state index contributed by atoms with van der Waals surface area (Å²) in [4.78, 5) is 6.81. The van der Waals surface area contributed by atoms with Crippen LogP contribution < -0.4 is 5.32 Å². The Hall–Kier alpha value is -1.60. The van der Waals surface area contributed by atoms with Crippen LogP contribution in [0, 0.1) is 11.3 Å². The number of piperidine rings is 1. The van der Waals surface area contributed by atoms with Gasteiger partial charge >= 0.3 is 0 Å². The Morgan fingerprint density at radius 3 is 2.79 bits per heavy atom. The highest BCUT2D eigenvalue weighted by atomic mass is 15.1. The number of nitrogens with one attached hydrogen (secondary N) is 1. The van der Waals surface area contributed by atoms with Gasteiger partial charge in [-0.2, -0.15) is 5.26 Å². The van der Waals surface area contributed by atoms with Crippen molar-refractivity contribution in [2.24, 2.45) is 0 Å². The highest BCUT2D eigenvalue weighted by Crippen LogP contribution is 2.15. The lowest BCUT2D eigenvalue weighted by Gasteiger charge is -2.32. The summed E-state index contributed by atoms with van der Waals surface area (Å²) in [6, 6.07) is 6.30. The second-order valence-electron chi connectivity index (χ2n) is 5.16. The van der Waals surface area contributed by atoms with Crippen LogP contribution >= 0.6 is 0 Å². The lowest BCUT2D eigenvalue weighted by atomic mass is 10.0. The van der Waals surface area contributed by atoms with Gasteiger partial charge in [0.2, 0.25) is 0 Å². The molecule has 4 heteroatoms. The Labute approximate surface area is 115 Å². The predicted octanol–water partition coefficient (Wildman–Crippen LogP) is 2.63. The van der Waals surface area contributed by atoms with E-state index in [9.17, 15) is 0 Å². The van der Waals surface area contributed by atoms with Gasteiger partial charge in [0.15, 0.2) is 0 Å². The van der Waals surface area contributed by atoms with Crippen LogP contribution in [0.1, 0.15) is 38.2 Å². The SMILES string of the molecule is CCCCN1CCC(Nc2ccc(C#N)cn2)CC1. The monoisotopic (exact) mass is 258 g/mol. The maximum absolute atomic E-state index is 8.73. The molecule has 0 amide bonds. The maximum Gasteiger partial charge on any atom is 0.126 e. The Kier molecular flexibility index (Phi) is 5.17. The number of nitriles is 1. The molecule has 2 rings (SSSR count). The first-order chi connectivity index (χ1) is 9.31. The van der Waals surface area contributed by atoms with E-state index in [1.165, 1.54) is 45.3 Å². The lowest BCUT2D eigenvalue weighted by Crippen LogP contribution is -2.39. The van der Waals surface area contributed by atoms with E-state index in [1.807, 2.05) is 12.1 Å². The fourth-order valence-electron chi connectivity index (χ4n) is 2.44. The molecular formula is C15H22N4.